The van der Waals surface area contributed by atoms with Gasteiger partial charge in [-0.3, -0.25) is 19.5 Å². The Bertz CT molecular complexity index is 1220. The molecule has 0 aliphatic heterocycles. The molecule has 9 nitrogen and oxygen atoms in total. The van der Waals surface area contributed by atoms with Gasteiger partial charge in [0.2, 0.25) is 0 Å². The lowest BCUT2D eigenvalue weighted by atomic mass is 10.1. The molecule has 1 atom stereocenters. The smallest absolute Gasteiger partial charge is 0.291 e. The number of anilines is 2. The number of aryl methyl sites for hydroxylation is 1. The summed E-state index contributed by atoms with van der Waals surface area (Å²) in [6.45, 7) is 1.76. The number of nitrogens with zero attached hydrogens (tertiary/aromatic N) is 1. The number of rotatable bonds is 7. The second-order valence-corrected chi connectivity index (χ2v) is 7.90. The van der Waals surface area contributed by atoms with Gasteiger partial charge in [-0.05, 0) is 36.2 Å². The molecule has 0 aliphatic rings. The fourth-order valence-corrected chi connectivity index (χ4v) is 4.00. The first kappa shape index (κ1) is 21.1. The van der Waals surface area contributed by atoms with Crippen LogP contribution in [0, 0.1) is 6.92 Å². The molecule has 162 valence electrons. The summed E-state index contributed by atoms with van der Waals surface area (Å²) in [6, 6.07) is 12.9. The second-order valence-electron chi connectivity index (χ2n) is 6.85. The molecule has 4 rings (SSSR count). The molecule has 4 N–H and O–H groups in total. The highest BCUT2D eigenvalue weighted by Gasteiger charge is 2.25. The zero-order valence-corrected chi connectivity index (χ0v) is 17.7. The molecule has 0 bridgehead atoms. The van der Waals surface area contributed by atoms with Gasteiger partial charge in [-0.15, -0.1) is 11.3 Å². The Morgan fingerprint density at radius 1 is 1.06 bits per heavy atom. The predicted molar refractivity (Wildman–Crippen MR) is 120 cm³/mol. The third kappa shape index (κ3) is 4.76. The fourth-order valence-electron chi connectivity index (χ4n) is 3.03. The molecule has 3 heterocycles. The summed E-state index contributed by atoms with van der Waals surface area (Å²) in [5, 5.41) is 15.2. The highest BCUT2D eigenvalue weighted by Crippen LogP contribution is 2.28. The normalized spacial score (nSPS) is 11.5. The maximum Gasteiger partial charge on any atom is 0.291 e. The van der Waals surface area contributed by atoms with E-state index in [1.54, 1.807) is 55.6 Å². The van der Waals surface area contributed by atoms with Crippen molar-refractivity contribution in [1.82, 2.24) is 15.5 Å². The predicted octanol–water partition coefficient (Wildman–Crippen LogP) is 3.73. The van der Waals surface area contributed by atoms with E-state index in [0.29, 0.717) is 26.7 Å². The van der Waals surface area contributed by atoms with Gasteiger partial charge in [0.15, 0.2) is 5.76 Å². The summed E-state index contributed by atoms with van der Waals surface area (Å²) in [5.74, 6) is -1.08. The lowest BCUT2D eigenvalue weighted by Gasteiger charge is -2.18. The van der Waals surface area contributed by atoms with Crippen molar-refractivity contribution in [3.63, 3.8) is 0 Å². The lowest BCUT2D eigenvalue weighted by molar-refractivity contribution is -0.118. The fraction of sp³-hybridized carbons (Fsp3) is 0.0909. The maximum atomic E-state index is 13.1. The molecule has 0 aliphatic carbocycles. The topological polar surface area (TPSA) is 129 Å². The molecule has 10 heteroatoms. The summed E-state index contributed by atoms with van der Waals surface area (Å²) in [6.07, 6.45) is 4.42. The number of furan rings is 1. The Hall–Kier alpha value is -4.18. The third-order valence-corrected chi connectivity index (χ3v) is 5.69. The van der Waals surface area contributed by atoms with E-state index in [1.165, 1.54) is 12.5 Å². The van der Waals surface area contributed by atoms with Crippen molar-refractivity contribution >= 4 is 39.7 Å². The van der Waals surface area contributed by atoms with E-state index in [2.05, 4.69) is 26.1 Å². The van der Waals surface area contributed by atoms with Crippen molar-refractivity contribution in [3.05, 3.63) is 89.0 Å². The number of benzene rings is 1. The minimum absolute atomic E-state index is 0.169. The number of thiophene rings is 1. The molecule has 0 fully saturated rings. The average Bonchev–Trinajstić information content (AvgIpc) is 3.55. The SMILES string of the molecule is Cc1cc(NC(=O)c2ccco2)sc1C(=O)NC(C(=O)Nc1cn[nH]c1)c1ccccc1. The van der Waals surface area contributed by atoms with Gasteiger partial charge < -0.3 is 20.4 Å². The van der Waals surface area contributed by atoms with Crippen LogP contribution in [0.15, 0.2) is 71.6 Å². The number of hydrogen-bond acceptors (Lipinski definition) is 6. The van der Waals surface area contributed by atoms with E-state index in [-0.39, 0.29) is 5.76 Å². The number of aromatic nitrogens is 2. The van der Waals surface area contributed by atoms with Crippen LogP contribution >= 0.6 is 11.3 Å². The van der Waals surface area contributed by atoms with Crippen LogP contribution in [0.5, 0.6) is 0 Å². The summed E-state index contributed by atoms with van der Waals surface area (Å²) in [4.78, 5) is 38.6. The van der Waals surface area contributed by atoms with E-state index < -0.39 is 23.8 Å². The molecule has 1 unspecified atom stereocenters. The van der Waals surface area contributed by atoms with E-state index in [1.807, 2.05) is 6.07 Å². The molecular weight excluding hydrogens is 430 g/mol. The molecule has 4 aromatic rings. The highest BCUT2D eigenvalue weighted by atomic mass is 32.1. The first-order valence-electron chi connectivity index (χ1n) is 9.62. The van der Waals surface area contributed by atoms with Crippen LogP contribution < -0.4 is 16.0 Å². The molecule has 3 amide bonds. The number of aromatic amines is 1. The Balaban J connectivity index is 1.52. The third-order valence-electron chi connectivity index (χ3n) is 4.54. The van der Waals surface area contributed by atoms with E-state index >= 15 is 0 Å². The van der Waals surface area contributed by atoms with E-state index in [4.69, 9.17) is 4.42 Å². The Labute approximate surface area is 186 Å². The number of amides is 3. The molecule has 1 aromatic carbocycles. The van der Waals surface area contributed by atoms with Gasteiger partial charge in [0.1, 0.15) is 6.04 Å². The minimum atomic E-state index is -0.929. The van der Waals surface area contributed by atoms with Crippen LogP contribution in [0.2, 0.25) is 0 Å². The van der Waals surface area contributed by atoms with Crippen molar-refractivity contribution in [1.29, 1.82) is 0 Å². The Kier molecular flexibility index (Phi) is 6.13. The average molecular weight is 449 g/mol. The first-order chi connectivity index (χ1) is 15.5. The quantitative estimate of drug-likeness (QED) is 0.342. The van der Waals surface area contributed by atoms with Crippen molar-refractivity contribution in [3.8, 4) is 0 Å². The van der Waals surface area contributed by atoms with Gasteiger partial charge in [-0.1, -0.05) is 30.3 Å². The number of nitrogens with one attached hydrogen (secondary N) is 4. The molecule has 0 spiro atoms. The van der Waals surface area contributed by atoms with Crippen LogP contribution in [0.1, 0.15) is 37.4 Å². The maximum absolute atomic E-state index is 13.1. The monoisotopic (exact) mass is 449 g/mol. The molecule has 0 radical (unpaired) electrons. The van der Waals surface area contributed by atoms with Gasteiger partial charge in [0.05, 0.1) is 28.0 Å². The first-order valence-corrected chi connectivity index (χ1v) is 10.4. The highest BCUT2D eigenvalue weighted by molar-refractivity contribution is 7.18. The lowest BCUT2D eigenvalue weighted by Crippen LogP contribution is -2.36. The van der Waals surface area contributed by atoms with Gasteiger partial charge in [0, 0.05) is 6.20 Å². The summed E-state index contributed by atoms with van der Waals surface area (Å²) in [5.41, 5.74) is 1.78. The van der Waals surface area contributed by atoms with Crippen LogP contribution in [-0.2, 0) is 4.79 Å². The van der Waals surface area contributed by atoms with Gasteiger partial charge in [-0.2, -0.15) is 5.10 Å². The molecular formula is C22H19N5O4S. The zero-order valence-electron chi connectivity index (χ0n) is 16.9. The van der Waals surface area contributed by atoms with E-state index in [9.17, 15) is 14.4 Å². The second kappa shape index (κ2) is 9.31. The Morgan fingerprint density at radius 2 is 1.88 bits per heavy atom. The van der Waals surface area contributed by atoms with Crippen molar-refractivity contribution in [2.45, 2.75) is 13.0 Å². The van der Waals surface area contributed by atoms with Gasteiger partial charge in [-0.25, -0.2) is 0 Å². The van der Waals surface area contributed by atoms with Crippen LogP contribution in [0.25, 0.3) is 0 Å². The minimum Gasteiger partial charge on any atom is -0.459 e. The summed E-state index contributed by atoms with van der Waals surface area (Å²) >= 11 is 1.12. The summed E-state index contributed by atoms with van der Waals surface area (Å²) in [7, 11) is 0. The number of H-pyrrole nitrogens is 1. The van der Waals surface area contributed by atoms with Crippen LogP contribution in [0.3, 0.4) is 0 Å². The number of carbonyl (C=O) groups is 3. The van der Waals surface area contributed by atoms with Crippen LogP contribution in [0.4, 0.5) is 10.7 Å². The zero-order chi connectivity index (χ0) is 22.5. The molecule has 3 aromatic heterocycles. The van der Waals surface area contributed by atoms with Crippen molar-refractivity contribution in [2.24, 2.45) is 0 Å². The molecule has 0 saturated heterocycles. The molecule has 0 saturated carbocycles. The van der Waals surface area contributed by atoms with Gasteiger partial charge >= 0.3 is 0 Å². The standard InChI is InChI=1S/C22H19N5O4S/c1-13-10-17(26-20(28)16-8-5-9-31-16)32-19(13)22(30)27-18(14-6-3-2-4-7-14)21(29)25-15-11-23-24-12-15/h2-12,18H,1H3,(H,23,24)(H,25,29)(H,26,28)(H,27,30). The van der Waals surface area contributed by atoms with Crippen LogP contribution in [-0.4, -0.2) is 27.9 Å². The Morgan fingerprint density at radius 3 is 2.56 bits per heavy atom. The largest absolute Gasteiger partial charge is 0.459 e. The van der Waals surface area contributed by atoms with Gasteiger partial charge in [0.25, 0.3) is 17.7 Å². The number of hydrogen-bond donors (Lipinski definition) is 4. The van der Waals surface area contributed by atoms with Crippen molar-refractivity contribution < 1.29 is 18.8 Å². The molecule has 32 heavy (non-hydrogen) atoms. The van der Waals surface area contributed by atoms with E-state index in [0.717, 1.165) is 11.3 Å². The van der Waals surface area contributed by atoms with Crippen molar-refractivity contribution in [2.75, 3.05) is 10.6 Å². The summed E-state index contributed by atoms with van der Waals surface area (Å²) < 4.78 is 5.09. The number of carbonyl (C=O) groups excluding carboxylic acids is 3.